The number of nitrogens with zero attached hydrogens (tertiary/aromatic N) is 1. The SMILES string of the molecule is C=CCNc1nc(C(=O)OCc2c(F)cccc2Cl)cs1. The van der Waals surface area contributed by atoms with Crippen molar-refractivity contribution in [3.05, 3.63) is 58.3 Å². The monoisotopic (exact) mass is 326 g/mol. The summed E-state index contributed by atoms with van der Waals surface area (Å²) in [7, 11) is 0. The van der Waals surface area contributed by atoms with E-state index in [1.165, 1.54) is 29.5 Å². The fourth-order valence-corrected chi connectivity index (χ4v) is 2.40. The van der Waals surface area contributed by atoms with Crippen LogP contribution in [0.1, 0.15) is 16.1 Å². The molecule has 4 nitrogen and oxygen atoms in total. The van der Waals surface area contributed by atoms with E-state index in [1.807, 2.05) is 0 Å². The Hall–Kier alpha value is -1.92. The van der Waals surface area contributed by atoms with Gasteiger partial charge in [-0.25, -0.2) is 14.2 Å². The van der Waals surface area contributed by atoms with Gasteiger partial charge in [-0.3, -0.25) is 0 Å². The molecule has 0 atom stereocenters. The van der Waals surface area contributed by atoms with Crippen molar-refractivity contribution in [2.24, 2.45) is 0 Å². The highest BCUT2D eigenvalue weighted by Gasteiger charge is 2.14. The van der Waals surface area contributed by atoms with Crippen LogP contribution in [0.2, 0.25) is 5.02 Å². The smallest absolute Gasteiger partial charge is 0.358 e. The molecule has 21 heavy (non-hydrogen) atoms. The first-order valence-corrected chi connectivity index (χ1v) is 7.28. The Labute approximate surface area is 130 Å². The van der Waals surface area contributed by atoms with E-state index in [0.717, 1.165) is 0 Å². The predicted molar refractivity (Wildman–Crippen MR) is 81.3 cm³/mol. The van der Waals surface area contributed by atoms with Gasteiger partial charge in [-0.2, -0.15) is 0 Å². The lowest BCUT2D eigenvalue weighted by molar-refractivity contribution is 0.0463. The minimum absolute atomic E-state index is 0.146. The summed E-state index contributed by atoms with van der Waals surface area (Å²) >= 11 is 7.13. The van der Waals surface area contributed by atoms with Crippen LogP contribution in [0, 0.1) is 5.82 Å². The molecule has 1 N–H and O–H groups in total. The molecule has 2 rings (SSSR count). The third kappa shape index (κ3) is 4.03. The van der Waals surface area contributed by atoms with Crippen LogP contribution < -0.4 is 5.32 Å². The van der Waals surface area contributed by atoms with Crippen LogP contribution >= 0.6 is 22.9 Å². The van der Waals surface area contributed by atoms with E-state index in [-0.39, 0.29) is 22.9 Å². The van der Waals surface area contributed by atoms with E-state index in [4.69, 9.17) is 16.3 Å². The summed E-state index contributed by atoms with van der Waals surface area (Å²) in [6.45, 7) is 3.88. The summed E-state index contributed by atoms with van der Waals surface area (Å²) in [4.78, 5) is 15.9. The second kappa shape index (κ2) is 7.19. The molecule has 0 radical (unpaired) electrons. The number of rotatable bonds is 6. The van der Waals surface area contributed by atoms with Gasteiger partial charge in [0.25, 0.3) is 0 Å². The highest BCUT2D eigenvalue weighted by Crippen LogP contribution is 2.21. The van der Waals surface area contributed by atoms with Crippen molar-refractivity contribution in [3.63, 3.8) is 0 Å². The molecule has 110 valence electrons. The molecule has 1 heterocycles. The lowest BCUT2D eigenvalue weighted by Crippen LogP contribution is -2.07. The molecule has 0 aliphatic carbocycles. The number of carbonyl (C=O) groups is 1. The van der Waals surface area contributed by atoms with E-state index in [1.54, 1.807) is 11.5 Å². The molecule has 0 saturated heterocycles. The predicted octanol–water partition coefficient (Wildman–Crippen LogP) is 3.89. The molecule has 0 amide bonds. The van der Waals surface area contributed by atoms with Crippen molar-refractivity contribution < 1.29 is 13.9 Å². The average molecular weight is 327 g/mol. The van der Waals surface area contributed by atoms with Gasteiger partial charge in [0.05, 0.1) is 5.02 Å². The summed E-state index contributed by atoms with van der Waals surface area (Å²) in [5, 5.41) is 5.33. The molecule has 2 aromatic rings. The van der Waals surface area contributed by atoms with Crippen LogP contribution in [-0.4, -0.2) is 17.5 Å². The van der Waals surface area contributed by atoms with Crippen LogP contribution in [0.5, 0.6) is 0 Å². The first kappa shape index (κ1) is 15.5. The summed E-state index contributed by atoms with van der Waals surface area (Å²) < 4.78 is 18.6. The van der Waals surface area contributed by atoms with E-state index in [2.05, 4.69) is 16.9 Å². The van der Waals surface area contributed by atoms with Gasteiger partial charge in [-0.15, -0.1) is 17.9 Å². The second-order valence-electron chi connectivity index (χ2n) is 3.98. The first-order valence-electron chi connectivity index (χ1n) is 6.02. The molecular formula is C14H12ClFN2O2S. The number of esters is 1. The summed E-state index contributed by atoms with van der Waals surface area (Å²) in [6.07, 6.45) is 1.68. The number of halogens is 2. The zero-order valence-corrected chi connectivity index (χ0v) is 12.5. The molecule has 0 unspecified atom stereocenters. The fraction of sp³-hybridized carbons (Fsp3) is 0.143. The number of hydrogen-bond acceptors (Lipinski definition) is 5. The highest BCUT2D eigenvalue weighted by molar-refractivity contribution is 7.13. The number of hydrogen-bond donors (Lipinski definition) is 1. The van der Waals surface area contributed by atoms with Crippen molar-refractivity contribution in [1.29, 1.82) is 0 Å². The normalized spacial score (nSPS) is 10.2. The summed E-state index contributed by atoms with van der Waals surface area (Å²) in [5.74, 6) is -1.14. The van der Waals surface area contributed by atoms with Gasteiger partial charge < -0.3 is 10.1 Å². The van der Waals surface area contributed by atoms with E-state index in [0.29, 0.717) is 11.7 Å². The standard InChI is InChI=1S/C14H12ClFN2O2S/c1-2-6-17-14-18-12(8-21-14)13(19)20-7-9-10(15)4-3-5-11(9)16/h2-5,8H,1,6-7H2,(H,17,18). The number of thiazole rings is 1. The van der Waals surface area contributed by atoms with Crippen molar-refractivity contribution >= 4 is 34.0 Å². The van der Waals surface area contributed by atoms with Gasteiger partial charge in [-0.05, 0) is 12.1 Å². The Morgan fingerprint density at radius 3 is 3.10 bits per heavy atom. The molecule has 1 aromatic carbocycles. The molecule has 0 aliphatic rings. The van der Waals surface area contributed by atoms with Gasteiger partial charge in [0.15, 0.2) is 10.8 Å². The number of nitrogens with one attached hydrogen (secondary N) is 1. The lowest BCUT2D eigenvalue weighted by Gasteiger charge is -2.06. The Balaban J connectivity index is 1.98. The molecular weight excluding hydrogens is 315 g/mol. The van der Waals surface area contributed by atoms with Crippen molar-refractivity contribution in [1.82, 2.24) is 4.98 Å². The molecule has 1 aromatic heterocycles. The Morgan fingerprint density at radius 2 is 2.38 bits per heavy atom. The quantitative estimate of drug-likeness (QED) is 0.646. The number of carbonyl (C=O) groups excluding carboxylic acids is 1. The number of benzene rings is 1. The van der Waals surface area contributed by atoms with Crippen molar-refractivity contribution in [3.8, 4) is 0 Å². The second-order valence-corrected chi connectivity index (χ2v) is 5.25. The fourth-order valence-electron chi connectivity index (χ4n) is 1.49. The first-order chi connectivity index (χ1) is 10.1. The number of ether oxygens (including phenoxy) is 1. The Kier molecular flexibility index (Phi) is 5.30. The van der Waals surface area contributed by atoms with Crippen LogP contribution in [0.25, 0.3) is 0 Å². The minimum atomic E-state index is -0.628. The zero-order chi connectivity index (χ0) is 15.2. The van der Waals surface area contributed by atoms with E-state index >= 15 is 0 Å². The van der Waals surface area contributed by atoms with E-state index in [9.17, 15) is 9.18 Å². The van der Waals surface area contributed by atoms with Crippen molar-refractivity contribution in [2.45, 2.75) is 6.61 Å². The van der Waals surface area contributed by atoms with Crippen LogP contribution in [0.3, 0.4) is 0 Å². The zero-order valence-electron chi connectivity index (χ0n) is 10.9. The summed E-state index contributed by atoms with van der Waals surface area (Å²) in [5.41, 5.74) is 0.312. The molecule has 7 heteroatoms. The molecule has 0 spiro atoms. The van der Waals surface area contributed by atoms with Gasteiger partial charge in [0, 0.05) is 17.5 Å². The van der Waals surface area contributed by atoms with Crippen LogP contribution in [-0.2, 0) is 11.3 Å². The van der Waals surface area contributed by atoms with Crippen molar-refractivity contribution in [2.75, 3.05) is 11.9 Å². The third-order valence-electron chi connectivity index (χ3n) is 2.52. The number of aromatic nitrogens is 1. The maximum atomic E-state index is 13.5. The molecule has 0 aliphatic heterocycles. The van der Waals surface area contributed by atoms with Gasteiger partial charge in [-0.1, -0.05) is 23.7 Å². The largest absolute Gasteiger partial charge is 0.456 e. The molecule has 0 bridgehead atoms. The molecule has 0 fully saturated rings. The summed E-state index contributed by atoms with van der Waals surface area (Å²) in [6, 6.07) is 4.28. The lowest BCUT2D eigenvalue weighted by atomic mass is 10.2. The number of anilines is 1. The average Bonchev–Trinajstić information content (AvgIpc) is 2.93. The maximum absolute atomic E-state index is 13.5. The molecule has 0 saturated carbocycles. The Morgan fingerprint density at radius 1 is 1.57 bits per heavy atom. The van der Waals surface area contributed by atoms with Crippen LogP contribution in [0.4, 0.5) is 9.52 Å². The highest BCUT2D eigenvalue weighted by atomic mass is 35.5. The topological polar surface area (TPSA) is 51.2 Å². The Bertz CT molecular complexity index is 640. The minimum Gasteiger partial charge on any atom is -0.456 e. The van der Waals surface area contributed by atoms with Gasteiger partial charge in [0.1, 0.15) is 12.4 Å². The van der Waals surface area contributed by atoms with Gasteiger partial charge in [0.2, 0.25) is 0 Å². The van der Waals surface area contributed by atoms with E-state index < -0.39 is 11.8 Å². The van der Waals surface area contributed by atoms with Gasteiger partial charge >= 0.3 is 5.97 Å². The maximum Gasteiger partial charge on any atom is 0.358 e. The third-order valence-corrected chi connectivity index (χ3v) is 3.67. The van der Waals surface area contributed by atoms with Crippen LogP contribution in [0.15, 0.2) is 36.2 Å².